The van der Waals surface area contributed by atoms with Crippen molar-refractivity contribution in [2.24, 2.45) is 0 Å². The van der Waals surface area contributed by atoms with E-state index in [-0.39, 0.29) is 0 Å². The Kier molecular flexibility index (Phi) is 3.48. The average Bonchev–Trinajstić information content (AvgIpc) is 2.29. The van der Waals surface area contributed by atoms with E-state index in [2.05, 4.69) is 61.5 Å². The number of rotatable bonds is 2. The highest BCUT2D eigenvalue weighted by atomic mass is 28.3. The first-order valence-corrected chi connectivity index (χ1v) is 11.4. The maximum Gasteiger partial charge on any atom is 0.162 e. The minimum Gasteiger partial charge on any atom is -0.129 e. The Labute approximate surface area is 101 Å². The molecule has 0 aliphatic heterocycles. The molecular weight excluding hydrogens is 224 g/mol. The van der Waals surface area contributed by atoms with Crippen molar-refractivity contribution in [1.29, 1.82) is 0 Å². The molecule has 0 aliphatic rings. The van der Waals surface area contributed by atoms with E-state index in [1.54, 1.807) is 0 Å². The van der Waals surface area contributed by atoms with Gasteiger partial charge in [-0.2, -0.15) is 0 Å². The summed E-state index contributed by atoms with van der Waals surface area (Å²) in [6.07, 6.45) is 11.2. The molecule has 2 heteroatoms. The molecule has 1 rings (SSSR count). The largest absolute Gasteiger partial charge is 0.162 e. The van der Waals surface area contributed by atoms with Crippen LogP contribution >= 0.6 is 0 Å². The van der Waals surface area contributed by atoms with Crippen molar-refractivity contribution in [3.05, 3.63) is 24.3 Å². The highest BCUT2D eigenvalue weighted by Gasteiger charge is 2.25. The summed E-state index contributed by atoms with van der Waals surface area (Å²) in [5.41, 5.74) is 5.91. The molecule has 0 aromatic heterocycles. The molecule has 0 fully saturated rings. The van der Waals surface area contributed by atoms with Crippen molar-refractivity contribution in [2.45, 2.75) is 26.2 Å². The molecule has 0 aliphatic carbocycles. The Hall–Kier alpha value is -1.23. The summed E-state index contributed by atoms with van der Waals surface area (Å²) >= 11 is 0. The van der Waals surface area contributed by atoms with E-state index in [4.69, 9.17) is 12.8 Å². The fourth-order valence-electron chi connectivity index (χ4n) is 1.46. The van der Waals surface area contributed by atoms with Gasteiger partial charge < -0.3 is 0 Å². The van der Waals surface area contributed by atoms with Crippen LogP contribution in [0.2, 0.25) is 26.2 Å². The molecule has 16 heavy (non-hydrogen) atoms. The molecular formula is C14H18Si2. The molecule has 0 radical (unpaired) electrons. The van der Waals surface area contributed by atoms with Gasteiger partial charge in [-0.25, -0.2) is 0 Å². The van der Waals surface area contributed by atoms with Crippen LogP contribution in [0.1, 0.15) is 0 Å². The Morgan fingerprint density at radius 2 is 1.25 bits per heavy atom. The fourth-order valence-corrected chi connectivity index (χ4v) is 4.00. The van der Waals surface area contributed by atoms with Gasteiger partial charge in [0.15, 0.2) is 16.1 Å². The number of hydrogen-bond acceptors (Lipinski definition) is 0. The first-order valence-electron chi connectivity index (χ1n) is 5.40. The van der Waals surface area contributed by atoms with Gasteiger partial charge in [0.25, 0.3) is 0 Å². The molecule has 0 unspecified atom stereocenters. The van der Waals surface area contributed by atoms with Crippen LogP contribution in [-0.4, -0.2) is 16.1 Å². The van der Waals surface area contributed by atoms with Crippen LogP contribution < -0.4 is 10.4 Å². The zero-order valence-corrected chi connectivity index (χ0v) is 12.5. The standard InChI is InChI=1S/C14H18Si2/c1-7-15(3,4)13-10-9-11-14(12-13)16(5,6)8-2/h1-2,9-12H,3-6H3. The SMILES string of the molecule is C#C[Si](C)(C)c1cccc([Si](C)(C)C#C)c1. The van der Waals surface area contributed by atoms with Crippen LogP contribution in [0.3, 0.4) is 0 Å². The zero-order chi connectivity index (χ0) is 12.4. The smallest absolute Gasteiger partial charge is 0.129 e. The minimum absolute atomic E-state index is 1.31. The third kappa shape index (κ3) is 2.47. The fraction of sp³-hybridized carbons (Fsp3) is 0.286. The molecule has 0 spiro atoms. The highest BCUT2D eigenvalue weighted by molar-refractivity contribution is 6.98. The second-order valence-corrected chi connectivity index (χ2v) is 13.4. The third-order valence-electron chi connectivity index (χ3n) is 3.03. The van der Waals surface area contributed by atoms with Crippen molar-refractivity contribution in [2.75, 3.05) is 0 Å². The Bertz CT molecular complexity index is 429. The summed E-state index contributed by atoms with van der Waals surface area (Å²) in [7, 11) is -3.39. The lowest BCUT2D eigenvalue weighted by Gasteiger charge is -2.20. The van der Waals surface area contributed by atoms with Gasteiger partial charge in [0, 0.05) is 0 Å². The van der Waals surface area contributed by atoms with Gasteiger partial charge in [-0.15, -0.1) is 23.9 Å². The summed E-state index contributed by atoms with van der Waals surface area (Å²) in [6.45, 7) is 8.76. The van der Waals surface area contributed by atoms with Gasteiger partial charge in [0.2, 0.25) is 0 Å². The van der Waals surface area contributed by atoms with Gasteiger partial charge in [-0.05, 0) is 10.4 Å². The van der Waals surface area contributed by atoms with Crippen LogP contribution in [0, 0.1) is 23.9 Å². The van der Waals surface area contributed by atoms with Crippen molar-refractivity contribution in [3.63, 3.8) is 0 Å². The van der Waals surface area contributed by atoms with Crippen LogP contribution in [0.25, 0.3) is 0 Å². The van der Waals surface area contributed by atoms with Crippen LogP contribution in [0.4, 0.5) is 0 Å². The summed E-state index contributed by atoms with van der Waals surface area (Å²) < 4.78 is 0. The van der Waals surface area contributed by atoms with Gasteiger partial charge in [0.1, 0.15) is 0 Å². The summed E-state index contributed by atoms with van der Waals surface area (Å²) in [5, 5.41) is 2.62. The average molecular weight is 242 g/mol. The lowest BCUT2D eigenvalue weighted by atomic mass is 10.4. The topological polar surface area (TPSA) is 0 Å². The lowest BCUT2D eigenvalue weighted by Crippen LogP contribution is -2.46. The van der Waals surface area contributed by atoms with Crippen molar-refractivity contribution < 1.29 is 0 Å². The van der Waals surface area contributed by atoms with Gasteiger partial charge in [0.05, 0.1) is 0 Å². The Morgan fingerprint density at radius 3 is 1.56 bits per heavy atom. The molecule has 0 saturated carbocycles. The molecule has 0 atom stereocenters. The second kappa shape index (κ2) is 4.33. The predicted molar refractivity (Wildman–Crippen MR) is 78.3 cm³/mol. The Morgan fingerprint density at radius 1 is 0.875 bits per heavy atom. The number of terminal acetylenes is 2. The number of hydrogen-bond donors (Lipinski definition) is 0. The van der Waals surface area contributed by atoms with Gasteiger partial charge in [-0.1, -0.05) is 50.5 Å². The predicted octanol–water partition coefficient (Wildman–Crippen LogP) is 1.86. The van der Waals surface area contributed by atoms with E-state index in [9.17, 15) is 0 Å². The third-order valence-corrected chi connectivity index (χ3v) is 7.98. The van der Waals surface area contributed by atoms with Crippen molar-refractivity contribution in [3.8, 4) is 23.9 Å². The molecule has 0 heterocycles. The van der Waals surface area contributed by atoms with E-state index in [1.165, 1.54) is 10.4 Å². The molecule has 1 aromatic rings. The maximum absolute atomic E-state index is 5.61. The lowest BCUT2D eigenvalue weighted by molar-refractivity contribution is 1.72. The van der Waals surface area contributed by atoms with E-state index >= 15 is 0 Å². The highest BCUT2D eigenvalue weighted by Crippen LogP contribution is 2.04. The van der Waals surface area contributed by atoms with Crippen molar-refractivity contribution >= 4 is 26.5 Å². The normalized spacial score (nSPS) is 11.6. The zero-order valence-electron chi connectivity index (χ0n) is 10.5. The van der Waals surface area contributed by atoms with Crippen LogP contribution in [0.5, 0.6) is 0 Å². The van der Waals surface area contributed by atoms with Crippen molar-refractivity contribution in [1.82, 2.24) is 0 Å². The molecule has 0 nitrogen and oxygen atoms in total. The Balaban J connectivity index is 3.28. The van der Waals surface area contributed by atoms with E-state index < -0.39 is 16.1 Å². The summed E-state index contributed by atoms with van der Waals surface area (Å²) in [4.78, 5) is 0. The van der Waals surface area contributed by atoms with E-state index in [1.807, 2.05) is 0 Å². The quantitative estimate of drug-likeness (QED) is 0.549. The molecule has 0 N–H and O–H groups in total. The minimum atomic E-state index is -1.69. The molecule has 0 bridgehead atoms. The molecule has 0 saturated heterocycles. The second-order valence-electron chi connectivity index (χ2n) is 5.12. The molecule has 82 valence electrons. The van der Waals surface area contributed by atoms with E-state index in [0.29, 0.717) is 0 Å². The molecule has 0 amide bonds. The van der Waals surface area contributed by atoms with Crippen LogP contribution in [-0.2, 0) is 0 Å². The summed E-state index contributed by atoms with van der Waals surface area (Å²) in [6, 6.07) is 8.59. The first kappa shape index (κ1) is 12.8. The maximum atomic E-state index is 5.61. The van der Waals surface area contributed by atoms with Gasteiger partial charge in [-0.3, -0.25) is 0 Å². The summed E-state index contributed by atoms with van der Waals surface area (Å²) in [5.74, 6) is 0. The first-order chi connectivity index (χ1) is 7.33. The monoisotopic (exact) mass is 242 g/mol. The van der Waals surface area contributed by atoms with Gasteiger partial charge >= 0.3 is 0 Å². The van der Waals surface area contributed by atoms with E-state index in [0.717, 1.165) is 0 Å². The van der Waals surface area contributed by atoms with Crippen LogP contribution in [0.15, 0.2) is 24.3 Å². The number of benzene rings is 1. The molecule has 1 aromatic carbocycles.